The standard InChI is InChI=1S/C13H12Cl2N2O2S/c1-17(9-10-4-2-3-5-12(10)14)20(18,19)11-6-7-13(15)16-8-11/h2-8H,9H2,1H3. The third-order valence-electron chi connectivity index (χ3n) is 2.76. The highest BCUT2D eigenvalue weighted by molar-refractivity contribution is 7.89. The molecule has 4 nitrogen and oxygen atoms in total. The van der Waals surface area contributed by atoms with Crippen molar-refractivity contribution in [3.8, 4) is 0 Å². The second-order valence-corrected chi connectivity index (χ2v) is 7.01. The first kappa shape index (κ1) is 15.3. The second-order valence-electron chi connectivity index (χ2n) is 4.17. The van der Waals surface area contributed by atoms with Gasteiger partial charge in [-0.15, -0.1) is 0 Å². The molecular formula is C13H12Cl2N2O2S. The number of aromatic nitrogens is 1. The maximum absolute atomic E-state index is 12.4. The summed E-state index contributed by atoms with van der Waals surface area (Å²) in [5.41, 5.74) is 0.738. The molecule has 0 aliphatic rings. The molecular weight excluding hydrogens is 319 g/mol. The Hall–Kier alpha value is -1.14. The molecule has 0 atom stereocenters. The number of halogens is 2. The molecule has 0 saturated heterocycles. The maximum Gasteiger partial charge on any atom is 0.244 e. The van der Waals surface area contributed by atoms with Crippen molar-refractivity contribution in [3.63, 3.8) is 0 Å². The monoisotopic (exact) mass is 330 g/mol. The molecule has 2 rings (SSSR count). The smallest absolute Gasteiger partial charge is 0.243 e. The lowest BCUT2D eigenvalue weighted by atomic mass is 10.2. The number of sulfonamides is 1. The number of rotatable bonds is 4. The molecule has 0 amide bonds. The Morgan fingerprint density at radius 1 is 1.15 bits per heavy atom. The van der Waals surface area contributed by atoms with Gasteiger partial charge in [-0.1, -0.05) is 41.4 Å². The van der Waals surface area contributed by atoms with Crippen molar-refractivity contribution >= 4 is 33.2 Å². The van der Waals surface area contributed by atoms with E-state index < -0.39 is 10.0 Å². The van der Waals surface area contributed by atoms with E-state index >= 15 is 0 Å². The van der Waals surface area contributed by atoms with Crippen molar-refractivity contribution in [2.75, 3.05) is 7.05 Å². The summed E-state index contributed by atoms with van der Waals surface area (Å²) in [6.45, 7) is 0.185. The van der Waals surface area contributed by atoms with Gasteiger partial charge >= 0.3 is 0 Å². The minimum atomic E-state index is -3.62. The molecule has 1 heterocycles. The molecule has 7 heteroatoms. The van der Waals surface area contributed by atoms with Gasteiger partial charge in [-0.05, 0) is 23.8 Å². The molecule has 0 spiro atoms. The van der Waals surface area contributed by atoms with E-state index in [0.717, 1.165) is 5.56 Å². The van der Waals surface area contributed by atoms with Crippen molar-refractivity contribution < 1.29 is 8.42 Å². The lowest BCUT2D eigenvalue weighted by Crippen LogP contribution is -2.26. The van der Waals surface area contributed by atoms with Gasteiger partial charge in [0.15, 0.2) is 0 Å². The molecule has 2 aromatic rings. The van der Waals surface area contributed by atoms with Crippen molar-refractivity contribution in [2.24, 2.45) is 0 Å². The molecule has 20 heavy (non-hydrogen) atoms. The van der Waals surface area contributed by atoms with Crippen LogP contribution in [0.15, 0.2) is 47.5 Å². The molecule has 0 unspecified atom stereocenters. The van der Waals surface area contributed by atoms with Crippen LogP contribution < -0.4 is 0 Å². The van der Waals surface area contributed by atoms with Crippen LogP contribution in [0.2, 0.25) is 10.2 Å². The molecule has 1 aromatic heterocycles. The van der Waals surface area contributed by atoms with E-state index in [1.165, 1.54) is 29.7 Å². The van der Waals surface area contributed by atoms with Crippen LogP contribution in [0, 0.1) is 0 Å². The number of nitrogens with zero attached hydrogens (tertiary/aromatic N) is 2. The van der Waals surface area contributed by atoms with Crippen molar-refractivity contribution in [3.05, 3.63) is 58.3 Å². The van der Waals surface area contributed by atoms with Gasteiger partial charge in [0.25, 0.3) is 0 Å². The van der Waals surface area contributed by atoms with Gasteiger partial charge in [0, 0.05) is 24.8 Å². The van der Waals surface area contributed by atoms with Crippen molar-refractivity contribution in [1.29, 1.82) is 0 Å². The lowest BCUT2D eigenvalue weighted by molar-refractivity contribution is 0.466. The average Bonchev–Trinajstić information content (AvgIpc) is 2.41. The highest BCUT2D eigenvalue weighted by Gasteiger charge is 2.21. The van der Waals surface area contributed by atoms with Gasteiger partial charge in [0.2, 0.25) is 10.0 Å². The Morgan fingerprint density at radius 3 is 2.45 bits per heavy atom. The number of hydrogen-bond donors (Lipinski definition) is 0. The van der Waals surface area contributed by atoms with E-state index in [-0.39, 0.29) is 16.6 Å². The molecule has 106 valence electrons. The molecule has 1 aromatic carbocycles. The summed E-state index contributed by atoms with van der Waals surface area (Å²) in [4.78, 5) is 3.88. The van der Waals surface area contributed by atoms with Gasteiger partial charge in [-0.3, -0.25) is 0 Å². The first-order valence-electron chi connectivity index (χ1n) is 5.72. The van der Waals surface area contributed by atoms with Gasteiger partial charge < -0.3 is 0 Å². The van der Waals surface area contributed by atoms with E-state index in [1.807, 2.05) is 6.07 Å². The Kier molecular flexibility index (Phi) is 4.65. The summed E-state index contributed by atoms with van der Waals surface area (Å²) < 4.78 is 25.9. The van der Waals surface area contributed by atoms with E-state index in [0.29, 0.717) is 5.02 Å². The predicted octanol–water partition coefficient (Wildman–Crippen LogP) is 3.21. The summed E-state index contributed by atoms with van der Waals surface area (Å²) in [5.74, 6) is 0. The molecule has 0 bridgehead atoms. The summed E-state index contributed by atoms with van der Waals surface area (Å²) in [6, 6.07) is 9.98. The van der Waals surface area contributed by atoms with Crippen LogP contribution in [-0.4, -0.2) is 24.8 Å². The summed E-state index contributed by atoms with van der Waals surface area (Å²) in [6.07, 6.45) is 1.24. The number of hydrogen-bond acceptors (Lipinski definition) is 3. The van der Waals surface area contributed by atoms with E-state index in [1.54, 1.807) is 18.2 Å². The average molecular weight is 331 g/mol. The van der Waals surface area contributed by atoms with E-state index in [2.05, 4.69) is 4.98 Å². The fourth-order valence-corrected chi connectivity index (χ4v) is 3.05. The number of pyridine rings is 1. The minimum Gasteiger partial charge on any atom is -0.243 e. The molecule has 0 N–H and O–H groups in total. The Morgan fingerprint density at radius 2 is 1.85 bits per heavy atom. The van der Waals surface area contributed by atoms with Crippen LogP contribution in [-0.2, 0) is 16.6 Å². The zero-order valence-corrected chi connectivity index (χ0v) is 13.0. The van der Waals surface area contributed by atoms with Crippen LogP contribution in [0.25, 0.3) is 0 Å². The van der Waals surface area contributed by atoms with Crippen molar-refractivity contribution in [2.45, 2.75) is 11.4 Å². The van der Waals surface area contributed by atoms with Crippen LogP contribution in [0.1, 0.15) is 5.56 Å². The van der Waals surface area contributed by atoms with Gasteiger partial charge in [-0.25, -0.2) is 13.4 Å². The Labute approximate surface area is 128 Å². The summed E-state index contributed by atoms with van der Waals surface area (Å²) in [5, 5.41) is 0.779. The SMILES string of the molecule is CN(Cc1ccccc1Cl)S(=O)(=O)c1ccc(Cl)nc1. The highest BCUT2D eigenvalue weighted by Crippen LogP contribution is 2.21. The van der Waals surface area contributed by atoms with Crippen LogP contribution in [0.3, 0.4) is 0 Å². The molecule has 0 saturated carbocycles. The second kappa shape index (κ2) is 6.10. The van der Waals surface area contributed by atoms with Crippen LogP contribution in [0.5, 0.6) is 0 Å². The van der Waals surface area contributed by atoms with Crippen LogP contribution >= 0.6 is 23.2 Å². The van der Waals surface area contributed by atoms with Gasteiger partial charge in [0.05, 0.1) is 0 Å². The third-order valence-corrected chi connectivity index (χ3v) is 5.14. The predicted molar refractivity (Wildman–Crippen MR) is 79.4 cm³/mol. The fraction of sp³-hybridized carbons (Fsp3) is 0.154. The zero-order chi connectivity index (χ0) is 14.8. The van der Waals surface area contributed by atoms with E-state index in [4.69, 9.17) is 23.2 Å². The quantitative estimate of drug-likeness (QED) is 0.809. The van der Waals surface area contributed by atoms with Gasteiger partial charge in [0.1, 0.15) is 10.0 Å². The van der Waals surface area contributed by atoms with Crippen molar-refractivity contribution in [1.82, 2.24) is 9.29 Å². The zero-order valence-electron chi connectivity index (χ0n) is 10.6. The summed E-state index contributed by atoms with van der Waals surface area (Å²) >= 11 is 11.7. The fourth-order valence-electron chi connectivity index (χ4n) is 1.65. The first-order chi connectivity index (χ1) is 9.41. The maximum atomic E-state index is 12.4. The largest absolute Gasteiger partial charge is 0.244 e. The number of benzene rings is 1. The normalized spacial score (nSPS) is 11.8. The molecule has 0 fully saturated rings. The Balaban J connectivity index is 2.26. The first-order valence-corrected chi connectivity index (χ1v) is 7.92. The minimum absolute atomic E-state index is 0.0939. The van der Waals surface area contributed by atoms with E-state index in [9.17, 15) is 8.42 Å². The lowest BCUT2D eigenvalue weighted by Gasteiger charge is -2.17. The third kappa shape index (κ3) is 3.30. The molecule has 0 radical (unpaired) electrons. The molecule has 0 aliphatic heterocycles. The highest BCUT2D eigenvalue weighted by atomic mass is 35.5. The molecule has 0 aliphatic carbocycles. The van der Waals surface area contributed by atoms with Crippen LogP contribution in [0.4, 0.5) is 0 Å². The summed E-state index contributed by atoms with van der Waals surface area (Å²) in [7, 11) is -2.12. The van der Waals surface area contributed by atoms with Gasteiger partial charge in [-0.2, -0.15) is 4.31 Å². The Bertz CT molecular complexity index is 703. The topological polar surface area (TPSA) is 50.3 Å².